The molecule has 0 saturated carbocycles. The summed E-state index contributed by atoms with van der Waals surface area (Å²) >= 11 is 0. The average molecular weight is 362 g/mol. The molecule has 10 heteroatoms. The van der Waals surface area contributed by atoms with E-state index in [0.29, 0.717) is 11.6 Å². The zero-order valence-corrected chi connectivity index (χ0v) is 13.8. The second-order valence-corrected chi connectivity index (χ2v) is 6.72. The molecule has 2 N–H and O–H groups in total. The van der Waals surface area contributed by atoms with Crippen molar-refractivity contribution < 1.29 is 12.8 Å². The number of benzene rings is 1. The van der Waals surface area contributed by atoms with E-state index in [4.69, 9.17) is 0 Å². The largest absolute Gasteiger partial charge is 0.367 e. The van der Waals surface area contributed by atoms with E-state index in [1.165, 1.54) is 18.2 Å². The summed E-state index contributed by atoms with van der Waals surface area (Å²) in [6.45, 7) is 0.336. The van der Waals surface area contributed by atoms with Crippen LogP contribution in [0.2, 0.25) is 0 Å². The molecule has 0 aliphatic heterocycles. The van der Waals surface area contributed by atoms with Crippen molar-refractivity contribution in [3.8, 4) is 5.82 Å². The van der Waals surface area contributed by atoms with Crippen molar-refractivity contribution in [2.45, 2.75) is 4.90 Å². The molecule has 0 saturated heterocycles. The van der Waals surface area contributed by atoms with Gasteiger partial charge in [0.1, 0.15) is 16.5 Å². The Morgan fingerprint density at radius 2 is 1.88 bits per heavy atom. The van der Waals surface area contributed by atoms with Crippen molar-refractivity contribution in [2.24, 2.45) is 0 Å². The van der Waals surface area contributed by atoms with E-state index in [-0.39, 0.29) is 18.0 Å². The molecule has 8 nitrogen and oxygen atoms in total. The Bertz CT molecular complexity index is 929. The first kappa shape index (κ1) is 17.0. The summed E-state index contributed by atoms with van der Waals surface area (Å²) in [5.41, 5.74) is 0. The Hall–Kier alpha value is -2.85. The first-order chi connectivity index (χ1) is 12.1. The van der Waals surface area contributed by atoms with Crippen molar-refractivity contribution in [3.05, 3.63) is 60.7 Å². The van der Waals surface area contributed by atoms with Gasteiger partial charge in [-0.05, 0) is 30.3 Å². The van der Waals surface area contributed by atoms with Crippen molar-refractivity contribution in [1.29, 1.82) is 0 Å². The number of rotatable bonds is 7. The topological polar surface area (TPSA) is 102 Å². The van der Waals surface area contributed by atoms with Gasteiger partial charge in [0.2, 0.25) is 10.0 Å². The number of sulfonamides is 1. The van der Waals surface area contributed by atoms with E-state index in [0.717, 1.165) is 6.07 Å². The molecular weight excluding hydrogens is 347 g/mol. The van der Waals surface area contributed by atoms with Gasteiger partial charge in [-0.25, -0.2) is 22.2 Å². The first-order valence-electron chi connectivity index (χ1n) is 7.38. The lowest BCUT2D eigenvalue weighted by molar-refractivity contribution is 0.558. The number of halogens is 1. The molecule has 0 aliphatic carbocycles. The SMILES string of the molecule is O=S(=O)(NCCNc1ccc(-n2cccn2)nn1)c1ccccc1F. The Kier molecular flexibility index (Phi) is 5.00. The monoisotopic (exact) mass is 362 g/mol. The molecule has 0 atom stereocenters. The molecule has 0 aliphatic rings. The fourth-order valence-corrected chi connectivity index (χ4v) is 3.17. The van der Waals surface area contributed by atoms with Gasteiger partial charge >= 0.3 is 0 Å². The van der Waals surface area contributed by atoms with Gasteiger partial charge in [0, 0.05) is 25.5 Å². The number of hydrogen-bond acceptors (Lipinski definition) is 6. The van der Waals surface area contributed by atoms with Gasteiger partial charge in [-0.2, -0.15) is 5.10 Å². The quantitative estimate of drug-likeness (QED) is 0.612. The van der Waals surface area contributed by atoms with Gasteiger partial charge < -0.3 is 5.32 Å². The standard InChI is InChI=1S/C15H15FN6O2S/c16-12-4-1-2-5-13(12)25(23,24)19-10-9-17-14-6-7-15(21-20-14)22-11-3-8-18-22/h1-8,11,19H,9-10H2,(H,17,20). The Labute approximate surface area is 143 Å². The van der Waals surface area contributed by atoms with Crippen LogP contribution in [-0.2, 0) is 10.0 Å². The third-order valence-electron chi connectivity index (χ3n) is 3.24. The van der Waals surface area contributed by atoms with Gasteiger partial charge in [-0.3, -0.25) is 0 Å². The van der Waals surface area contributed by atoms with Crippen LogP contribution in [0.25, 0.3) is 5.82 Å². The maximum atomic E-state index is 13.6. The van der Waals surface area contributed by atoms with Crippen LogP contribution in [0.1, 0.15) is 0 Å². The zero-order valence-electron chi connectivity index (χ0n) is 13.0. The average Bonchev–Trinajstić information content (AvgIpc) is 3.14. The first-order valence-corrected chi connectivity index (χ1v) is 8.86. The lowest BCUT2D eigenvalue weighted by atomic mass is 10.4. The van der Waals surface area contributed by atoms with E-state index in [2.05, 4.69) is 25.3 Å². The van der Waals surface area contributed by atoms with Crippen molar-refractivity contribution in [3.63, 3.8) is 0 Å². The summed E-state index contributed by atoms with van der Waals surface area (Å²) in [5.74, 6) is 0.264. The molecule has 3 rings (SSSR count). The summed E-state index contributed by atoms with van der Waals surface area (Å²) in [5, 5.41) is 15.0. The summed E-state index contributed by atoms with van der Waals surface area (Å²) in [6, 6.07) is 10.4. The molecule has 1 aromatic carbocycles. The predicted molar refractivity (Wildman–Crippen MR) is 89.2 cm³/mol. The van der Waals surface area contributed by atoms with E-state index < -0.39 is 15.8 Å². The Morgan fingerprint density at radius 1 is 1.04 bits per heavy atom. The van der Waals surface area contributed by atoms with Crippen LogP contribution in [0.4, 0.5) is 10.2 Å². The second kappa shape index (κ2) is 7.36. The van der Waals surface area contributed by atoms with Crippen LogP contribution in [0.3, 0.4) is 0 Å². The molecule has 3 aromatic rings. The molecule has 0 fully saturated rings. The minimum atomic E-state index is -3.89. The number of hydrogen-bond donors (Lipinski definition) is 2. The highest BCUT2D eigenvalue weighted by Crippen LogP contribution is 2.12. The van der Waals surface area contributed by atoms with Crippen LogP contribution < -0.4 is 10.0 Å². The van der Waals surface area contributed by atoms with Gasteiger partial charge in [-0.1, -0.05) is 12.1 Å². The highest BCUT2D eigenvalue weighted by molar-refractivity contribution is 7.89. The lowest BCUT2D eigenvalue weighted by Gasteiger charge is -2.09. The molecule has 2 heterocycles. The fraction of sp³-hybridized carbons (Fsp3) is 0.133. The molecule has 2 aromatic heterocycles. The number of anilines is 1. The number of nitrogens with zero attached hydrogens (tertiary/aromatic N) is 4. The summed E-state index contributed by atoms with van der Waals surface area (Å²) in [6.07, 6.45) is 3.38. The maximum absolute atomic E-state index is 13.6. The van der Waals surface area contributed by atoms with E-state index >= 15 is 0 Å². The number of aromatic nitrogens is 4. The van der Waals surface area contributed by atoms with Crippen molar-refractivity contribution in [2.75, 3.05) is 18.4 Å². The zero-order chi connectivity index (χ0) is 17.7. The summed E-state index contributed by atoms with van der Waals surface area (Å²) in [7, 11) is -3.89. The minimum absolute atomic E-state index is 0.0687. The molecule has 0 radical (unpaired) electrons. The highest BCUT2D eigenvalue weighted by Gasteiger charge is 2.17. The number of nitrogens with one attached hydrogen (secondary N) is 2. The van der Waals surface area contributed by atoms with Crippen LogP contribution >= 0.6 is 0 Å². The summed E-state index contributed by atoms with van der Waals surface area (Å²) in [4.78, 5) is -0.377. The van der Waals surface area contributed by atoms with Crippen LogP contribution in [0.15, 0.2) is 59.8 Å². The van der Waals surface area contributed by atoms with Gasteiger partial charge in [0.05, 0.1) is 0 Å². The molecule has 25 heavy (non-hydrogen) atoms. The molecule has 0 spiro atoms. The van der Waals surface area contributed by atoms with Crippen molar-refractivity contribution in [1.82, 2.24) is 24.7 Å². The van der Waals surface area contributed by atoms with Crippen molar-refractivity contribution >= 4 is 15.8 Å². The van der Waals surface area contributed by atoms with Crippen LogP contribution in [0.5, 0.6) is 0 Å². The minimum Gasteiger partial charge on any atom is -0.367 e. The molecule has 0 bridgehead atoms. The van der Waals surface area contributed by atoms with Crippen LogP contribution in [-0.4, -0.2) is 41.5 Å². The maximum Gasteiger partial charge on any atom is 0.243 e. The lowest BCUT2D eigenvalue weighted by Crippen LogP contribution is -2.29. The highest BCUT2D eigenvalue weighted by atomic mass is 32.2. The molecule has 0 unspecified atom stereocenters. The van der Waals surface area contributed by atoms with E-state index in [1.54, 1.807) is 35.3 Å². The summed E-state index contributed by atoms with van der Waals surface area (Å²) < 4.78 is 41.5. The normalized spacial score (nSPS) is 11.4. The Morgan fingerprint density at radius 3 is 2.56 bits per heavy atom. The third-order valence-corrected chi connectivity index (χ3v) is 4.73. The van der Waals surface area contributed by atoms with Gasteiger partial charge in [0.25, 0.3) is 0 Å². The predicted octanol–water partition coefficient (Wildman–Crippen LogP) is 1.19. The Balaban J connectivity index is 1.52. The fourth-order valence-electron chi connectivity index (χ4n) is 2.06. The molecule has 0 amide bonds. The van der Waals surface area contributed by atoms with E-state index in [1.807, 2.05) is 0 Å². The van der Waals surface area contributed by atoms with Gasteiger partial charge in [0.15, 0.2) is 5.82 Å². The molecule has 130 valence electrons. The smallest absolute Gasteiger partial charge is 0.243 e. The molecular formula is C15H15FN6O2S. The van der Waals surface area contributed by atoms with E-state index in [9.17, 15) is 12.8 Å². The van der Waals surface area contributed by atoms with Gasteiger partial charge in [-0.15, -0.1) is 10.2 Å². The van der Waals surface area contributed by atoms with Crippen LogP contribution in [0, 0.1) is 5.82 Å². The second-order valence-electron chi connectivity index (χ2n) is 4.98. The third kappa shape index (κ3) is 4.17.